The molecule has 0 aromatic heterocycles. The smallest absolute Gasteiger partial charge is 0.341 e. The first kappa shape index (κ1) is 23.8. The second kappa shape index (κ2) is 9.86. The second-order valence-corrected chi connectivity index (χ2v) is 9.18. The van der Waals surface area contributed by atoms with Crippen molar-refractivity contribution in [2.45, 2.75) is 11.8 Å². The molecular weight excluding hydrogens is 468 g/mol. The Labute approximate surface area is 202 Å². The van der Waals surface area contributed by atoms with Crippen molar-refractivity contribution in [2.75, 3.05) is 17.7 Å². The van der Waals surface area contributed by atoms with Crippen LogP contribution in [0.1, 0.15) is 15.9 Å². The Morgan fingerprint density at radius 2 is 1.49 bits per heavy atom. The predicted octanol–water partition coefficient (Wildman–Crippen LogP) is 5.35. The average molecular weight is 491 g/mol. The van der Waals surface area contributed by atoms with E-state index in [1.54, 1.807) is 54.6 Å². The van der Waals surface area contributed by atoms with Crippen molar-refractivity contribution >= 4 is 44.3 Å². The van der Waals surface area contributed by atoms with Crippen LogP contribution in [0.3, 0.4) is 0 Å². The third kappa shape index (κ3) is 5.42. The molecule has 2 amide bonds. The molecule has 0 saturated heterocycles. The number of nitrogens with one attached hydrogen (secondary N) is 2. The quantitative estimate of drug-likeness (QED) is 0.279. The fraction of sp³-hybridized carbons (Fsp3) is 0.0769. The fourth-order valence-electron chi connectivity index (χ4n) is 3.54. The molecule has 178 valence electrons. The summed E-state index contributed by atoms with van der Waals surface area (Å²) in [5, 5.41) is 6.50. The van der Waals surface area contributed by atoms with Gasteiger partial charge in [-0.05, 0) is 48.2 Å². The second-order valence-electron chi connectivity index (χ2n) is 7.67. The normalized spacial score (nSPS) is 11.0. The van der Waals surface area contributed by atoms with Gasteiger partial charge < -0.3 is 19.6 Å². The number of aryl methyl sites for hydroxylation is 1. The molecule has 8 nitrogen and oxygen atoms in total. The summed E-state index contributed by atoms with van der Waals surface area (Å²) in [7, 11) is -3.17. The summed E-state index contributed by atoms with van der Waals surface area (Å²) in [6.45, 7) is 1.90. The zero-order valence-electron chi connectivity index (χ0n) is 18.9. The molecule has 0 fully saturated rings. The number of methoxy groups -OCH3 is 1. The molecule has 9 heteroatoms. The highest BCUT2D eigenvalue weighted by molar-refractivity contribution is 7.87. The standard InChI is InChI=1S/C26H22N2O6S/c1-17-7-5-10-19(15-17)27-26(30)28-20-13-14-22(25(29)33-2)23(16-20)34-35(31,32)24-12-6-9-18-8-3-4-11-21(18)24/h3-16H,1-2H3,(H2,27,28,30). The highest BCUT2D eigenvalue weighted by Gasteiger charge is 2.24. The van der Waals surface area contributed by atoms with E-state index in [2.05, 4.69) is 10.6 Å². The lowest BCUT2D eigenvalue weighted by atomic mass is 10.1. The molecule has 2 N–H and O–H groups in total. The number of hydrogen-bond donors (Lipinski definition) is 2. The highest BCUT2D eigenvalue weighted by Crippen LogP contribution is 2.30. The van der Waals surface area contributed by atoms with Crippen LogP contribution in [0.2, 0.25) is 0 Å². The summed E-state index contributed by atoms with van der Waals surface area (Å²) in [6.07, 6.45) is 0. The van der Waals surface area contributed by atoms with Crippen LogP contribution in [-0.4, -0.2) is 27.5 Å². The van der Waals surface area contributed by atoms with Gasteiger partial charge >= 0.3 is 22.1 Å². The molecule has 0 aliphatic heterocycles. The molecule has 0 unspecified atom stereocenters. The molecule has 0 spiro atoms. The average Bonchev–Trinajstić information content (AvgIpc) is 2.83. The van der Waals surface area contributed by atoms with Crippen LogP contribution < -0.4 is 14.8 Å². The van der Waals surface area contributed by atoms with Crippen molar-refractivity contribution in [1.29, 1.82) is 0 Å². The minimum absolute atomic E-state index is 0.0537. The van der Waals surface area contributed by atoms with Crippen LogP contribution >= 0.6 is 0 Å². The first-order valence-corrected chi connectivity index (χ1v) is 12.0. The Morgan fingerprint density at radius 1 is 0.800 bits per heavy atom. The molecule has 0 bridgehead atoms. The Morgan fingerprint density at radius 3 is 2.23 bits per heavy atom. The van der Waals surface area contributed by atoms with Gasteiger partial charge in [0.25, 0.3) is 0 Å². The van der Waals surface area contributed by atoms with Crippen LogP contribution in [0.25, 0.3) is 10.8 Å². The van der Waals surface area contributed by atoms with Crippen molar-refractivity contribution in [3.05, 3.63) is 96.1 Å². The van der Waals surface area contributed by atoms with Gasteiger partial charge in [0.15, 0.2) is 5.75 Å². The summed E-state index contributed by atoms with van der Waals surface area (Å²) in [4.78, 5) is 24.7. The number of hydrogen-bond acceptors (Lipinski definition) is 6. The molecule has 0 radical (unpaired) electrons. The van der Waals surface area contributed by atoms with Gasteiger partial charge in [-0.15, -0.1) is 0 Å². The summed E-state index contributed by atoms with van der Waals surface area (Å²) in [5.41, 5.74) is 1.66. The molecule has 35 heavy (non-hydrogen) atoms. The zero-order chi connectivity index (χ0) is 25.0. The highest BCUT2D eigenvalue weighted by atomic mass is 32.2. The molecule has 0 aliphatic rings. The van der Waals surface area contributed by atoms with E-state index in [1.165, 1.54) is 31.4 Å². The first-order valence-electron chi connectivity index (χ1n) is 10.6. The summed E-state index contributed by atoms with van der Waals surface area (Å²) in [5.74, 6) is -1.07. The Bertz CT molecular complexity index is 1530. The Balaban J connectivity index is 1.65. The Kier molecular flexibility index (Phi) is 6.70. The van der Waals surface area contributed by atoms with Gasteiger partial charge in [-0.25, -0.2) is 9.59 Å². The van der Waals surface area contributed by atoms with Crippen LogP contribution in [0.5, 0.6) is 5.75 Å². The SMILES string of the molecule is COC(=O)c1ccc(NC(=O)Nc2cccc(C)c2)cc1OS(=O)(=O)c1cccc2ccccc12. The van der Waals surface area contributed by atoms with E-state index in [0.29, 0.717) is 16.5 Å². The van der Waals surface area contributed by atoms with Crippen molar-refractivity contribution < 1.29 is 26.9 Å². The minimum Gasteiger partial charge on any atom is -0.465 e. The minimum atomic E-state index is -4.34. The van der Waals surface area contributed by atoms with Crippen LogP contribution in [0.4, 0.5) is 16.2 Å². The number of urea groups is 1. The lowest BCUT2D eigenvalue weighted by Gasteiger charge is -2.14. The number of anilines is 2. The number of ether oxygens (including phenoxy) is 1. The maximum atomic E-state index is 13.2. The molecular formula is C26H22N2O6S. The third-order valence-corrected chi connectivity index (χ3v) is 6.43. The number of carbonyl (C=O) groups is 2. The predicted molar refractivity (Wildman–Crippen MR) is 133 cm³/mol. The topological polar surface area (TPSA) is 111 Å². The molecule has 4 rings (SSSR count). The van der Waals surface area contributed by atoms with Crippen molar-refractivity contribution in [1.82, 2.24) is 0 Å². The van der Waals surface area contributed by atoms with Crippen molar-refractivity contribution in [2.24, 2.45) is 0 Å². The van der Waals surface area contributed by atoms with Crippen molar-refractivity contribution in [3.63, 3.8) is 0 Å². The molecule has 0 aliphatic carbocycles. The van der Waals surface area contributed by atoms with Gasteiger partial charge in [0.1, 0.15) is 10.5 Å². The van der Waals surface area contributed by atoms with Gasteiger partial charge in [0, 0.05) is 22.8 Å². The van der Waals surface area contributed by atoms with E-state index in [1.807, 2.05) is 13.0 Å². The van der Waals surface area contributed by atoms with Crippen molar-refractivity contribution in [3.8, 4) is 5.75 Å². The van der Waals surface area contributed by atoms with Gasteiger partial charge in [-0.3, -0.25) is 0 Å². The van der Waals surface area contributed by atoms with Gasteiger partial charge in [-0.1, -0.05) is 48.5 Å². The van der Waals surface area contributed by atoms with Crippen LogP contribution in [0.15, 0.2) is 89.8 Å². The number of amides is 2. The number of benzene rings is 4. The largest absolute Gasteiger partial charge is 0.465 e. The van der Waals surface area contributed by atoms with Crippen LogP contribution in [-0.2, 0) is 14.9 Å². The van der Waals surface area contributed by atoms with Gasteiger partial charge in [-0.2, -0.15) is 8.42 Å². The number of rotatable bonds is 6. The van der Waals surface area contributed by atoms with Gasteiger partial charge in [0.05, 0.1) is 7.11 Å². The van der Waals surface area contributed by atoms with E-state index in [0.717, 1.165) is 5.56 Å². The monoisotopic (exact) mass is 490 g/mol. The zero-order valence-corrected chi connectivity index (χ0v) is 19.8. The molecule has 0 saturated carbocycles. The summed E-state index contributed by atoms with van der Waals surface area (Å²) in [6, 6.07) is 22.5. The van der Waals surface area contributed by atoms with Gasteiger partial charge in [0.2, 0.25) is 0 Å². The van der Waals surface area contributed by atoms with E-state index in [-0.39, 0.29) is 21.9 Å². The lowest BCUT2D eigenvalue weighted by Crippen LogP contribution is -2.20. The fourth-order valence-corrected chi connectivity index (χ4v) is 4.71. The van der Waals surface area contributed by atoms with E-state index >= 15 is 0 Å². The maximum Gasteiger partial charge on any atom is 0.341 e. The number of fused-ring (bicyclic) bond motifs is 1. The lowest BCUT2D eigenvalue weighted by molar-refractivity contribution is 0.0599. The first-order chi connectivity index (χ1) is 16.8. The summed E-state index contributed by atoms with van der Waals surface area (Å²) < 4.78 is 36.6. The molecule has 0 atom stereocenters. The van der Waals surface area contributed by atoms with E-state index in [9.17, 15) is 18.0 Å². The number of carbonyl (C=O) groups excluding carboxylic acids is 2. The third-order valence-electron chi connectivity index (χ3n) is 5.14. The Hall–Kier alpha value is -4.37. The molecule has 0 heterocycles. The molecule has 4 aromatic carbocycles. The van der Waals surface area contributed by atoms with E-state index < -0.39 is 22.1 Å². The number of esters is 1. The summed E-state index contributed by atoms with van der Waals surface area (Å²) >= 11 is 0. The molecule has 4 aromatic rings. The van der Waals surface area contributed by atoms with Crippen LogP contribution in [0, 0.1) is 6.92 Å². The van der Waals surface area contributed by atoms with E-state index in [4.69, 9.17) is 8.92 Å². The maximum absolute atomic E-state index is 13.2.